The van der Waals surface area contributed by atoms with E-state index in [1.165, 1.54) is 0 Å². The molecule has 0 aliphatic heterocycles. The van der Waals surface area contributed by atoms with Crippen LogP contribution in [-0.4, -0.2) is 22.7 Å². The summed E-state index contributed by atoms with van der Waals surface area (Å²) >= 11 is 0. The summed E-state index contributed by atoms with van der Waals surface area (Å²) in [5.74, 6) is 0.603. The van der Waals surface area contributed by atoms with Gasteiger partial charge in [-0.2, -0.15) is 5.10 Å². The number of hydrogen-bond donors (Lipinski definition) is 0. The normalized spacial score (nSPS) is 10.7. The molecule has 0 amide bonds. The molecule has 33 heavy (non-hydrogen) atoms. The van der Waals surface area contributed by atoms with E-state index in [0.29, 0.717) is 17.0 Å². The zero-order valence-electron chi connectivity index (χ0n) is 18.2. The quantitative estimate of drug-likeness (QED) is 0.291. The molecule has 1 heterocycles. The van der Waals surface area contributed by atoms with Gasteiger partial charge >= 0.3 is 0 Å². The van der Waals surface area contributed by atoms with Crippen molar-refractivity contribution in [3.8, 4) is 33.8 Å². The number of methoxy groups -OCH3 is 1. The van der Waals surface area contributed by atoms with Crippen LogP contribution in [0.4, 0.5) is 0 Å². The number of nitrogens with zero attached hydrogens (tertiary/aromatic N) is 2. The Balaban J connectivity index is 1.81. The van der Waals surface area contributed by atoms with E-state index in [1.807, 2.05) is 91.0 Å². The van der Waals surface area contributed by atoms with Crippen molar-refractivity contribution in [2.24, 2.45) is 0 Å². The Morgan fingerprint density at radius 3 is 1.82 bits per heavy atom. The van der Waals surface area contributed by atoms with Crippen molar-refractivity contribution in [3.05, 3.63) is 127 Å². The second-order valence-corrected chi connectivity index (χ2v) is 7.61. The first-order valence-corrected chi connectivity index (χ1v) is 10.7. The highest BCUT2D eigenvalue weighted by Gasteiger charge is 2.27. The maximum absolute atomic E-state index is 14.0. The van der Waals surface area contributed by atoms with Gasteiger partial charge in [-0.05, 0) is 42.0 Å². The molecule has 0 spiro atoms. The summed E-state index contributed by atoms with van der Waals surface area (Å²) in [5, 5.41) is 4.98. The molecular formula is C29H22N2O2. The van der Waals surface area contributed by atoms with E-state index in [4.69, 9.17) is 9.84 Å². The number of benzene rings is 4. The summed E-state index contributed by atoms with van der Waals surface area (Å²) in [6.07, 6.45) is 0. The number of carbonyl (C=O) groups is 1. The number of aromatic nitrogens is 2. The minimum absolute atomic E-state index is 0.102. The fourth-order valence-electron chi connectivity index (χ4n) is 3.94. The van der Waals surface area contributed by atoms with Gasteiger partial charge in [-0.25, -0.2) is 4.68 Å². The molecule has 4 heteroatoms. The van der Waals surface area contributed by atoms with Crippen LogP contribution in [0.25, 0.3) is 28.1 Å². The standard InChI is InChI=1S/C29H22N2O2/c1-33-25-19-17-23(18-20-25)29(32)28-26(21-11-5-2-6-12-21)27(22-13-7-3-8-14-22)30-31(28)24-15-9-4-10-16-24/h2-20H,1H3. The van der Waals surface area contributed by atoms with Crippen LogP contribution in [0, 0.1) is 0 Å². The Morgan fingerprint density at radius 2 is 1.24 bits per heavy atom. The van der Waals surface area contributed by atoms with Gasteiger partial charge in [0.1, 0.15) is 17.1 Å². The molecule has 4 nitrogen and oxygen atoms in total. The lowest BCUT2D eigenvalue weighted by molar-refractivity contribution is 0.103. The Morgan fingerprint density at radius 1 is 0.697 bits per heavy atom. The fourth-order valence-corrected chi connectivity index (χ4v) is 3.94. The van der Waals surface area contributed by atoms with Crippen LogP contribution in [0.3, 0.4) is 0 Å². The summed E-state index contributed by atoms with van der Waals surface area (Å²) in [7, 11) is 1.61. The van der Waals surface area contributed by atoms with Crippen molar-refractivity contribution in [2.45, 2.75) is 0 Å². The third-order valence-electron chi connectivity index (χ3n) is 5.56. The molecule has 0 atom stereocenters. The first kappa shape index (κ1) is 20.5. The van der Waals surface area contributed by atoms with Gasteiger partial charge in [0.05, 0.1) is 12.8 Å². The molecule has 0 aliphatic carbocycles. The third kappa shape index (κ3) is 3.94. The van der Waals surface area contributed by atoms with Crippen LogP contribution in [0.5, 0.6) is 5.75 Å². The second-order valence-electron chi connectivity index (χ2n) is 7.61. The van der Waals surface area contributed by atoms with Crippen molar-refractivity contribution in [3.63, 3.8) is 0 Å². The average molecular weight is 431 g/mol. The molecule has 0 unspecified atom stereocenters. The van der Waals surface area contributed by atoms with Crippen molar-refractivity contribution in [1.29, 1.82) is 0 Å². The molecule has 0 radical (unpaired) electrons. The van der Waals surface area contributed by atoms with Crippen LogP contribution in [0.15, 0.2) is 115 Å². The molecule has 0 saturated carbocycles. The minimum atomic E-state index is -0.102. The number of rotatable bonds is 6. The number of ether oxygens (including phenoxy) is 1. The Hall–Kier alpha value is -4.44. The Bertz CT molecular complexity index is 1370. The topological polar surface area (TPSA) is 44.1 Å². The summed E-state index contributed by atoms with van der Waals surface area (Å²) in [6.45, 7) is 0. The van der Waals surface area contributed by atoms with Crippen LogP contribution in [-0.2, 0) is 0 Å². The van der Waals surface area contributed by atoms with Crippen LogP contribution < -0.4 is 4.74 Å². The van der Waals surface area contributed by atoms with Gasteiger partial charge in [0.2, 0.25) is 5.78 Å². The zero-order chi connectivity index (χ0) is 22.6. The first-order chi connectivity index (χ1) is 16.3. The maximum atomic E-state index is 14.0. The van der Waals surface area contributed by atoms with E-state index in [1.54, 1.807) is 36.1 Å². The van der Waals surface area contributed by atoms with Gasteiger partial charge in [0.15, 0.2) is 0 Å². The van der Waals surface area contributed by atoms with Gasteiger partial charge in [-0.3, -0.25) is 4.79 Å². The third-order valence-corrected chi connectivity index (χ3v) is 5.56. The molecule has 5 rings (SSSR count). The SMILES string of the molecule is COc1ccc(C(=O)c2c(-c3ccccc3)c(-c3ccccc3)nn2-c2ccccc2)cc1. The van der Waals surface area contributed by atoms with E-state index >= 15 is 0 Å². The molecular weight excluding hydrogens is 408 g/mol. The molecule has 0 fully saturated rings. The number of ketones is 1. The Labute approximate surface area is 192 Å². The van der Waals surface area contributed by atoms with E-state index in [0.717, 1.165) is 28.1 Å². The molecule has 0 aliphatic rings. The Kier molecular flexibility index (Phi) is 5.56. The minimum Gasteiger partial charge on any atom is -0.497 e. The fraction of sp³-hybridized carbons (Fsp3) is 0.0345. The molecule has 160 valence electrons. The van der Waals surface area contributed by atoms with E-state index in [9.17, 15) is 4.79 Å². The van der Waals surface area contributed by atoms with Crippen molar-refractivity contribution >= 4 is 5.78 Å². The largest absolute Gasteiger partial charge is 0.497 e. The lowest BCUT2D eigenvalue weighted by Gasteiger charge is -2.10. The summed E-state index contributed by atoms with van der Waals surface area (Å²) in [4.78, 5) is 14.0. The molecule has 1 aromatic heterocycles. The smallest absolute Gasteiger partial charge is 0.212 e. The van der Waals surface area contributed by atoms with Crippen molar-refractivity contribution < 1.29 is 9.53 Å². The lowest BCUT2D eigenvalue weighted by atomic mass is 9.95. The average Bonchev–Trinajstić information content (AvgIpc) is 3.30. The van der Waals surface area contributed by atoms with Gasteiger partial charge in [0.25, 0.3) is 0 Å². The summed E-state index contributed by atoms with van der Waals surface area (Å²) in [6, 6.07) is 36.9. The van der Waals surface area contributed by atoms with Crippen LogP contribution in [0.2, 0.25) is 0 Å². The van der Waals surface area contributed by atoms with Crippen LogP contribution in [0.1, 0.15) is 16.1 Å². The van der Waals surface area contributed by atoms with Gasteiger partial charge < -0.3 is 4.74 Å². The summed E-state index contributed by atoms with van der Waals surface area (Å²) < 4.78 is 7.03. The molecule has 0 bridgehead atoms. The first-order valence-electron chi connectivity index (χ1n) is 10.7. The molecule has 0 N–H and O–H groups in total. The number of hydrogen-bond acceptors (Lipinski definition) is 3. The van der Waals surface area contributed by atoms with Gasteiger partial charge in [-0.15, -0.1) is 0 Å². The van der Waals surface area contributed by atoms with Gasteiger partial charge in [-0.1, -0.05) is 78.9 Å². The number of carbonyl (C=O) groups excluding carboxylic acids is 1. The van der Waals surface area contributed by atoms with E-state index in [-0.39, 0.29) is 5.78 Å². The highest BCUT2D eigenvalue weighted by Crippen LogP contribution is 2.37. The predicted octanol–water partition coefficient (Wildman–Crippen LogP) is 6.45. The predicted molar refractivity (Wildman–Crippen MR) is 131 cm³/mol. The second kappa shape index (κ2) is 8.97. The van der Waals surface area contributed by atoms with Gasteiger partial charge in [0, 0.05) is 16.7 Å². The van der Waals surface area contributed by atoms with E-state index in [2.05, 4.69) is 0 Å². The van der Waals surface area contributed by atoms with Crippen LogP contribution >= 0.6 is 0 Å². The zero-order valence-corrected chi connectivity index (χ0v) is 18.2. The lowest BCUT2D eigenvalue weighted by Crippen LogP contribution is -2.11. The maximum Gasteiger partial charge on any atom is 0.212 e. The molecule has 5 aromatic rings. The number of para-hydroxylation sites is 1. The van der Waals surface area contributed by atoms with Crippen molar-refractivity contribution in [1.82, 2.24) is 9.78 Å². The highest BCUT2D eigenvalue weighted by molar-refractivity contribution is 6.13. The molecule has 4 aromatic carbocycles. The van der Waals surface area contributed by atoms with E-state index < -0.39 is 0 Å². The van der Waals surface area contributed by atoms with Crippen molar-refractivity contribution in [2.75, 3.05) is 7.11 Å². The highest BCUT2D eigenvalue weighted by atomic mass is 16.5. The summed E-state index contributed by atoms with van der Waals surface area (Å²) in [5.41, 5.74) is 5.40. The monoisotopic (exact) mass is 430 g/mol. The molecule has 0 saturated heterocycles.